The van der Waals surface area contributed by atoms with Gasteiger partial charge in [0, 0.05) is 27.7 Å². The second kappa shape index (κ2) is 10.8. The van der Waals surface area contributed by atoms with Gasteiger partial charge in [0.15, 0.2) is 0 Å². The molecule has 0 aliphatic carbocycles. The number of nitrogens with one attached hydrogen (secondary N) is 1. The van der Waals surface area contributed by atoms with E-state index in [9.17, 15) is 4.79 Å². The van der Waals surface area contributed by atoms with Gasteiger partial charge in [0.1, 0.15) is 11.4 Å². The topological polar surface area (TPSA) is 59.8 Å². The standard InChI is InChI=1S/C22H23Cl3N4O/c1-2-3-4-5-6-13-26-22(30)29-27-20(15-7-9-16(23)10-8-15)21(28-29)18-12-11-17(24)14-19(18)25/h7-12,14H,2-6,13H2,1H3,(H,26,30). The summed E-state index contributed by atoms with van der Waals surface area (Å²) in [4.78, 5) is 13.7. The van der Waals surface area contributed by atoms with Gasteiger partial charge < -0.3 is 5.32 Å². The average molecular weight is 466 g/mol. The molecule has 0 saturated heterocycles. The highest BCUT2D eigenvalue weighted by atomic mass is 35.5. The molecule has 0 saturated carbocycles. The Kier molecular flexibility index (Phi) is 8.14. The first-order valence-corrected chi connectivity index (χ1v) is 11.1. The van der Waals surface area contributed by atoms with E-state index in [0.29, 0.717) is 38.6 Å². The fraction of sp³-hybridized carbons (Fsp3) is 0.318. The van der Waals surface area contributed by atoms with Gasteiger partial charge >= 0.3 is 6.03 Å². The second-order valence-corrected chi connectivity index (χ2v) is 8.24. The summed E-state index contributed by atoms with van der Waals surface area (Å²) in [6.45, 7) is 2.76. The Morgan fingerprint density at radius 3 is 2.27 bits per heavy atom. The molecule has 0 fully saturated rings. The van der Waals surface area contributed by atoms with E-state index in [1.54, 1.807) is 30.3 Å². The van der Waals surface area contributed by atoms with Gasteiger partial charge in [-0.3, -0.25) is 0 Å². The van der Waals surface area contributed by atoms with Gasteiger partial charge in [0.2, 0.25) is 0 Å². The van der Waals surface area contributed by atoms with Gasteiger partial charge in [-0.15, -0.1) is 10.2 Å². The van der Waals surface area contributed by atoms with Crippen LogP contribution in [0, 0.1) is 0 Å². The normalized spacial score (nSPS) is 10.9. The minimum absolute atomic E-state index is 0.378. The number of carbonyl (C=O) groups is 1. The van der Waals surface area contributed by atoms with Crippen LogP contribution in [0.2, 0.25) is 15.1 Å². The van der Waals surface area contributed by atoms with E-state index in [-0.39, 0.29) is 6.03 Å². The van der Waals surface area contributed by atoms with Crippen molar-refractivity contribution >= 4 is 40.8 Å². The van der Waals surface area contributed by atoms with Crippen LogP contribution in [0.4, 0.5) is 4.79 Å². The lowest BCUT2D eigenvalue weighted by Crippen LogP contribution is -2.31. The van der Waals surface area contributed by atoms with Crippen molar-refractivity contribution in [3.63, 3.8) is 0 Å². The smallest absolute Gasteiger partial charge is 0.335 e. The largest absolute Gasteiger partial charge is 0.359 e. The summed E-state index contributed by atoms with van der Waals surface area (Å²) in [6.07, 6.45) is 5.58. The number of nitrogens with zero attached hydrogens (tertiary/aromatic N) is 3. The molecule has 30 heavy (non-hydrogen) atoms. The Morgan fingerprint density at radius 1 is 0.900 bits per heavy atom. The predicted octanol–water partition coefficient (Wildman–Crippen LogP) is 7.10. The monoisotopic (exact) mass is 464 g/mol. The van der Waals surface area contributed by atoms with Crippen molar-refractivity contribution in [2.24, 2.45) is 0 Å². The maximum Gasteiger partial charge on any atom is 0.359 e. The zero-order valence-corrected chi connectivity index (χ0v) is 18.9. The quantitative estimate of drug-likeness (QED) is 0.361. The van der Waals surface area contributed by atoms with E-state index < -0.39 is 0 Å². The lowest BCUT2D eigenvalue weighted by molar-refractivity contribution is 0.236. The Hall–Kier alpha value is -2.08. The molecule has 2 aromatic carbocycles. The highest BCUT2D eigenvalue weighted by molar-refractivity contribution is 6.36. The molecule has 3 aromatic rings. The SMILES string of the molecule is CCCCCCCNC(=O)n1nc(-c2ccc(Cl)cc2)c(-c2ccc(Cl)cc2Cl)n1. The van der Waals surface area contributed by atoms with Gasteiger partial charge in [-0.1, -0.05) is 84.3 Å². The summed E-state index contributed by atoms with van der Waals surface area (Å²) in [5.74, 6) is 0. The van der Waals surface area contributed by atoms with Crippen LogP contribution in [0.5, 0.6) is 0 Å². The molecule has 0 radical (unpaired) electrons. The van der Waals surface area contributed by atoms with Crippen molar-refractivity contribution in [3.05, 3.63) is 57.5 Å². The Bertz CT molecular complexity index is 1000. The number of amides is 1. The Balaban J connectivity index is 1.86. The highest BCUT2D eigenvalue weighted by Gasteiger charge is 2.20. The average Bonchev–Trinajstić information content (AvgIpc) is 3.16. The Labute approximate surface area is 191 Å². The number of hydrogen-bond acceptors (Lipinski definition) is 3. The molecule has 0 aliphatic rings. The van der Waals surface area contributed by atoms with Crippen LogP contribution in [0.15, 0.2) is 42.5 Å². The van der Waals surface area contributed by atoms with E-state index in [1.807, 2.05) is 12.1 Å². The molecule has 0 spiro atoms. The minimum atomic E-state index is -0.378. The summed E-state index contributed by atoms with van der Waals surface area (Å²) >= 11 is 18.4. The number of halogens is 3. The molecule has 0 unspecified atom stereocenters. The number of benzene rings is 2. The molecule has 3 rings (SSSR count). The first-order valence-electron chi connectivity index (χ1n) is 9.96. The van der Waals surface area contributed by atoms with E-state index >= 15 is 0 Å². The molecular weight excluding hydrogens is 443 g/mol. The van der Waals surface area contributed by atoms with Gasteiger partial charge in [-0.05, 0) is 36.8 Å². The van der Waals surface area contributed by atoms with Crippen LogP contribution in [0.1, 0.15) is 39.0 Å². The zero-order chi connectivity index (χ0) is 21.5. The lowest BCUT2D eigenvalue weighted by atomic mass is 10.1. The third-order valence-corrected chi connectivity index (χ3v) is 5.46. The van der Waals surface area contributed by atoms with Crippen LogP contribution in [0.3, 0.4) is 0 Å². The lowest BCUT2D eigenvalue weighted by Gasteiger charge is -2.04. The first kappa shape index (κ1) is 22.6. The molecule has 1 N–H and O–H groups in total. The summed E-state index contributed by atoms with van der Waals surface area (Å²) < 4.78 is 0. The van der Waals surface area contributed by atoms with Gasteiger partial charge in [0.05, 0.1) is 5.02 Å². The predicted molar refractivity (Wildman–Crippen MR) is 123 cm³/mol. The second-order valence-electron chi connectivity index (χ2n) is 6.96. The number of aromatic nitrogens is 3. The van der Waals surface area contributed by atoms with Gasteiger partial charge in [-0.25, -0.2) is 4.79 Å². The zero-order valence-electron chi connectivity index (χ0n) is 16.7. The van der Waals surface area contributed by atoms with E-state index in [1.165, 1.54) is 19.3 Å². The third kappa shape index (κ3) is 5.75. The molecule has 1 aromatic heterocycles. The minimum Gasteiger partial charge on any atom is -0.335 e. The molecule has 5 nitrogen and oxygen atoms in total. The first-order chi connectivity index (χ1) is 14.5. The van der Waals surface area contributed by atoms with Gasteiger partial charge in [-0.2, -0.15) is 0 Å². The van der Waals surface area contributed by atoms with Crippen LogP contribution in [-0.2, 0) is 0 Å². The molecule has 0 aliphatic heterocycles. The molecule has 1 amide bonds. The van der Waals surface area contributed by atoms with Crippen molar-refractivity contribution in [2.75, 3.05) is 6.54 Å². The molecular formula is C22H23Cl3N4O. The molecule has 1 heterocycles. The van der Waals surface area contributed by atoms with Crippen LogP contribution >= 0.6 is 34.8 Å². The van der Waals surface area contributed by atoms with Crippen LogP contribution in [-0.4, -0.2) is 27.6 Å². The number of hydrogen-bond donors (Lipinski definition) is 1. The Morgan fingerprint density at radius 2 is 1.57 bits per heavy atom. The number of carbonyl (C=O) groups excluding carboxylic acids is 1. The summed E-state index contributed by atoms with van der Waals surface area (Å²) in [7, 11) is 0. The number of rotatable bonds is 8. The molecule has 8 heteroatoms. The summed E-state index contributed by atoms with van der Waals surface area (Å²) in [5.41, 5.74) is 2.45. The van der Waals surface area contributed by atoms with Crippen molar-refractivity contribution in [2.45, 2.75) is 39.0 Å². The molecule has 0 bridgehead atoms. The van der Waals surface area contributed by atoms with E-state index in [0.717, 1.165) is 23.2 Å². The summed E-state index contributed by atoms with van der Waals surface area (Å²) in [6, 6.07) is 11.9. The molecule has 158 valence electrons. The van der Waals surface area contributed by atoms with Crippen molar-refractivity contribution < 1.29 is 4.79 Å². The maximum absolute atomic E-state index is 12.6. The van der Waals surface area contributed by atoms with Crippen molar-refractivity contribution in [1.29, 1.82) is 0 Å². The number of unbranched alkanes of at least 4 members (excludes halogenated alkanes) is 4. The fourth-order valence-electron chi connectivity index (χ4n) is 3.06. The third-order valence-electron chi connectivity index (χ3n) is 4.66. The van der Waals surface area contributed by atoms with Crippen molar-refractivity contribution in [1.82, 2.24) is 20.3 Å². The maximum atomic E-state index is 12.6. The molecule has 0 atom stereocenters. The highest BCUT2D eigenvalue weighted by Crippen LogP contribution is 2.35. The van der Waals surface area contributed by atoms with Gasteiger partial charge in [0.25, 0.3) is 0 Å². The van der Waals surface area contributed by atoms with Crippen LogP contribution < -0.4 is 5.32 Å². The van der Waals surface area contributed by atoms with E-state index in [4.69, 9.17) is 34.8 Å². The van der Waals surface area contributed by atoms with Crippen LogP contribution in [0.25, 0.3) is 22.5 Å². The summed E-state index contributed by atoms with van der Waals surface area (Å²) in [5, 5.41) is 13.3. The van der Waals surface area contributed by atoms with E-state index in [2.05, 4.69) is 22.4 Å². The van der Waals surface area contributed by atoms with Crippen molar-refractivity contribution in [3.8, 4) is 22.5 Å². The fourth-order valence-corrected chi connectivity index (χ4v) is 3.68.